The van der Waals surface area contributed by atoms with Gasteiger partial charge in [0.1, 0.15) is 0 Å². The molecule has 116 valence electrons. The summed E-state index contributed by atoms with van der Waals surface area (Å²) in [5.74, 6) is 0.266. The fraction of sp³-hybridized carbons (Fsp3) is 0.750. The average molecular weight is 307 g/mol. The van der Waals surface area contributed by atoms with Crippen LogP contribution in [0.1, 0.15) is 41.8 Å². The zero-order chi connectivity index (χ0) is 15.0. The predicted molar refractivity (Wildman–Crippen MR) is 85.7 cm³/mol. The molecule has 3 heterocycles. The maximum atomic E-state index is 12.4. The number of likely N-dealkylation sites (tertiary alicyclic amines) is 2. The molecule has 2 aliphatic heterocycles. The second-order valence-electron chi connectivity index (χ2n) is 6.45. The maximum Gasteiger partial charge on any atom is 0.228 e. The van der Waals surface area contributed by atoms with Crippen LogP contribution in [0, 0.1) is 13.8 Å². The number of carbonyl (C=O) groups is 1. The van der Waals surface area contributed by atoms with Gasteiger partial charge in [-0.3, -0.25) is 9.69 Å². The van der Waals surface area contributed by atoms with E-state index < -0.39 is 0 Å². The minimum atomic E-state index is 0.266. The van der Waals surface area contributed by atoms with Gasteiger partial charge in [-0.05, 0) is 40.2 Å². The van der Waals surface area contributed by atoms with Gasteiger partial charge in [-0.25, -0.2) is 4.98 Å². The lowest BCUT2D eigenvalue weighted by Gasteiger charge is -2.49. The van der Waals surface area contributed by atoms with E-state index in [4.69, 9.17) is 0 Å². The highest BCUT2D eigenvalue weighted by atomic mass is 32.1. The zero-order valence-electron chi connectivity index (χ0n) is 13.3. The Balaban J connectivity index is 1.51. The first-order valence-corrected chi connectivity index (χ1v) is 8.82. The Bertz CT molecular complexity index is 522. The standard InChI is InChI=1S/C16H25N3OS/c1-11-6-4-5-7-19(11)14-9-18(10-14)16(20)8-15-12(2)17-13(3)21-15/h11,14H,4-10H2,1-3H3/t11-/m1/s1. The summed E-state index contributed by atoms with van der Waals surface area (Å²) in [6.45, 7) is 9.37. The lowest BCUT2D eigenvalue weighted by Crippen LogP contribution is -2.63. The lowest BCUT2D eigenvalue weighted by molar-refractivity contribution is -0.139. The molecular formula is C16H25N3OS. The maximum absolute atomic E-state index is 12.4. The monoisotopic (exact) mass is 307 g/mol. The van der Waals surface area contributed by atoms with Gasteiger partial charge in [0.15, 0.2) is 0 Å². The van der Waals surface area contributed by atoms with Crippen molar-refractivity contribution in [3.63, 3.8) is 0 Å². The van der Waals surface area contributed by atoms with E-state index in [1.165, 1.54) is 25.8 Å². The number of aryl methyl sites for hydroxylation is 2. The normalized spacial score (nSPS) is 24.1. The molecule has 3 rings (SSSR count). The molecule has 2 fully saturated rings. The smallest absolute Gasteiger partial charge is 0.228 e. The minimum Gasteiger partial charge on any atom is -0.339 e. The lowest BCUT2D eigenvalue weighted by atomic mass is 9.97. The van der Waals surface area contributed by atoms with Crippen LogP contribution in [0.5, 0.6) is 0 Å². The molecule has 2 aliphatic rings. The molecule has 0 N–H and O–H groups in total. The molecule has 0 bridgehead atoms. The Kier molecular flexibility index (Phi) is 4.31. The van der Waals surface area contributed by atoms with Crippen LogP contribution in [0.25, 0.3) is 0 Å². The quantitative estimate of drug-likeness (QED) is 0.860. The Labute approximate surface area is 131 Å². The fourth-order valence-corrected chi connectivity index (χ4v) is 4.45. The number of carbonyl (C=O) groups excluding carboxylic acids is 1. The molecule has 4 nitrogen and oxygen atoms in total. The first-order valence-electron chi connectivity index (χ1n) is 8.01. The molecule has 1 amide bonds. The molecule has 0 aromatic carbocycles. The van der Waals surface area contributed by atoms with Crippen molar-refractivity contribution in [1.29, 1.82) is 0 Å². The molecule has 1 atom stereocenters. The van der Waals surface area contributed by atoms with E-state index in [1.807, 2.05) is 18.7 Å². The van der Waals surface area contributed by atoms with Gasteiger partial charge >= 0.3 is 0 Å². The van der Waals surface area contributed by atoms with Crippen LogP contribution < -0.4 is 0 Å². The third-order valence-corrected chi connectivity index (χ3v) is 5.92. The van der Waals surface area contributed by atoms with Crippen molar-refractivity contribution in [3.05, 3.63) is 15.6 Å². The van der Waals surface area contributed by atoms with E-state index in [-0.39, 0.29) is 5.91 Å². The van der Waals surface area contributed by atoms with E-state index in [2.05, 4.69) is 16.8 Å². The van der Waals surface area contributed by atoms with E-state index >= 15 is 0 Å². The van der Waals surface area contributed by atoms with Crippen molar-refractivity contribution in [2.75, 3.05) is 19.6 Å². The third-order valence-electron chi connectivity index (χ3n) is 4.85. The molecule has 0 spiro atoms. The topological polar surface area (TPSA) is 36.4 Å². The van der Waals surface area contributed by atoms with Crippen molar-refractivity contribution >= 4 is 17.2 Å². The summed E-state index contributed by atoms with van der Waals surface area (Å²) in [5.41, 5.74) is 1.02. The van der Waals surface area contributed by atoms with Crippen LogP contribution in [-0.2, 0) is 11.2 Å². The highest BCUT2D eigenvalue weighted by molar-refractivity contribution is 7.11. The van der Waals surface area contributed by atoms with E-state index in [9.17, 15) is 4.79 Å². The number of hydrogen-bond acceptors (Lipinski definition) is 4. The van der Waals surface area contributed by atoms with E-state index in [0.717, 1.165) is 28.7 Å². The highest BCUT2D eigenvalue weighted by Crippen LogP contribution is 2.25. The van der Waals surface area contributed by atoms with Gasteiger partial charge < -0.3 is 4.90 Å². The molecular weight excluding hydrogens is 282 g/mol. The number of thiazole rings is 1. The molecule has 0 saturated carbocycles. The molecule has 0 aliphatic carbocycles. The van der Waals surface area contributed by atoms with Crippen LogP contribution in [-0.4, -0.2) is 52.4 Å². The van der Waals surface area contributed by atoms with Gasteiger partial charge in [-0.1, -0.05) is 6.42 Å². The van der Waals surface area contributed by atoms with E-state index in [0.29, 0.717) is 18.5 Å². The molecule has 5 heteroatoms. The Morgan fingerprint density at radius 1 is 1.33 bits per heavy atom. The largest absolute Gasteiger partial charge is 0.339 e. The van der Waals surface area contributed by atoms with Gasteiger partial charge in [-0.15, -0.1) is 11.3 Å². The van der Waals surface area contributed by atoms with Crippen LogP contribution >= 0.6 is 11.3 Å². The van der Waals surface area contributed by atoms with Gasteiger partial charge in [0, 0.05) is 30.1 Å². The molecule has 21 heavy (non-hydrogen) atoms. The van der Waals surface area contributed by atoms with Gasteiger partial charge in [0.25, 0.3) is 0 Å². The summed E-state index contributed by atoms with van der Waals surface area (Å²) < 4.78 is 0. The molecule has 0 radical (unpaired) electrons. The number of nitrogens with zero attached hydrogens (tertiary/aromatic N) is 3. The number of piperidine rings is 1. The number of aromatic nitrogens is 1. The van der Waals surface area contributed by atoms with Crippen LogP contribution in [0.4, 0.5) is 0 Å². The average Bonchev–Trinajstić information content (AvgIpc) is 2.68. The Morgan fingerprint density at radius 3 is 2.71 bits per heavy atom. The second kappa shape index (κ2) is 6.05. The van der Waals surface area contributed by atoms with Crippen LogP contribution in [0.2, 0.25) is 0 Å². The Hall–Kier alpha value is -0.940. The summed E-state index contributed by atoms with van der Waals surface area (Å²) in [4.78, 5) is 22.5. The van der Waals surface area contributed by atoms with Gasteiger partial charge in [-0.2, -0.15) is 0 Å². The van der Waals surface area contributed by atoms with Crippen molar-refractivity contribution in [2.24, 2.45) is 0 Å². The predicted octanol–water partition coefficient (Wildman–Crippen LogP) is 2.39. The number of hydrogen-bond donors (Lipinski definition) is 0. The summed E-state index contributed by atoms with van der Waals surface area (Å²) >= 11 is 1.65. The van der Waals surface area contributed by atoms with Crippen molar-refractivity contribution < 1.29 is 4.79 Å². The molecule has 1 aromatic rings. The molecule has 1 aromatic heterocycles. The minimum absolute atomic E-state index is 0.266. The molecule has 2 saturated heterocycles. The highest BCUT2D eigenvalue weighted by Gasteiger charge is 2.37. The van der Waals surface area contributed by atoms with E-state index in [1.54, 1.807) is 11.3 Å². The summed E-state index contributed by atoms with van der Waals surface area (Å²) in [6, 6.07) is 1.28. The second-order valence-corrected chi connectivity index (χ2v) is 7.74. The van der Waals surface area contributed by atoms with Crippen LogP contribution in [0.15, 0.2) is 0 Å². The number of amides is 1. The third kappa shape index (κ3) is 3.14. The summed E-state index contributed by atoms with van der Waals surface area (Å²) in [6.07, 6.45) is 4.51. The van der Waals surface area contributed by atoms with Gasteiger partial charge in [0.2, 0.25) is 5.91 Å². The summed E-state index contributed by atoms with van der Waals surface area (Å²) in [5, 5.41) is 1.05. The SMILES string of the molecule is Cc1nc(C)c(CC(=O)N2CC(N3CCCC[C@H]3C)C2)s1. The fourth-order valence-electron chi connectivity index (χ4n) is 3.52. The summed E-state index contributed by atoms with van der Waals surface area (Å²) in [7, 11) is 0. The number of rotatable bonds is 3. The first-order chi connectivity index (χ1) is 10.0. The molecule has 0 unspecified atom stereocenters. The van der Waals surface area contributed by atoms with Crippen molar-refractivity contribution in [3.8, 4) is 0 Å². The van der Waals surface area contributed by atoms with Crippen LogP contribution in [0.3, 0.4) is 0 Å². The zero-order valence-corrected chi connectivity index (χ0v) is 14.1. The Morgan fingerprint density at radius 2 is 2.10 bits per heavy atom. The van der Waals surface area contributed by atoms with Gasteiger partial charge in [0.05, 0.1) is 17.1 Å². The first kappa shape index (κ1) is 15.0. The van der Waals surface area contributed by atoms with Crippen molar-refractivity contribution in [2.45, 2.75) is 58.5 Å². The van der Waals surface area contributed by atoms with Crippen molar-refractivity contribution in [1.82, 2.24) is 14.8 Å².